The van der Waals surface area contributed by atoms with E-state index < -0.39 is 0 Å². The number of Topliss-reactive ketones (excluding diaryl/α,β-unsaturated/α-hetero) is 1. The van der Waals surface area contributed by atoms with Crippen LogP contribution in [0.1, 0.15) is 30.6 Å². The summed E-state index contributed by atoms with van der Waals surface area (Å²) < 4.78 is 0. The molecule has 1 N–H and O–H groups in total. The molecule has 0 aromatic heterocycles. The normalized spacial score (nSPS) is 24.1. The zero-order valence-electron chi connectivity index (χ0n) is 10.4. The lowest BCUT2D eigenvalue weighted by Gasteiger charge is -2.28. The molecule has 1 aromatic rings. The number of para-hydroxylation sites is 1. The van der Waals surface area contributed by atoms with Crippen molar-refractivity contribution in [2.45, 2.75) is 26.3 Å². The van der Waals surface area contributed by atoms with Crippen LogP contribution in [0.15, 0.2) is 24.3 Å². The second kappa shape index (κ2) is 4.88. The van der Waals surface area contributed by atoms with E-state index in [1.807, 2.05) is 24.3 Å². The molecule has 1 aliphatic heterocycles. The largest absolute Gasteiger partial charge is 0.394 e. The molecule has 0 saturated carbocycles. The number of benzene rings is 1. The highest BCUT2D eigenvalue weighted by molar-refractivity contribution is 5.99. The van der Waals surface area contributed by atoms with Gasteiger partial charge < -0.3 is 10.0 Å². The number of ketones is 1. The third kappa shape index (κ3) is 2.20. The zero-order chi connectivity index (χ0) is 12.4. The van der Waals surface area contributed by atoms with Gasteiger partial charge in [0.05, 0.1) is 12.6 Å². The molecule has 2 unspecified atom stereocenters. The maximum Gasteiger partial charge on any atom is 0.161 e. The summed E-state index contributed by atoms with van der Waals surface area (Å²) >= 11 is 0. The first-order valence-corrected chi connectivity index (χ1v) is 6.12. The quantitative estimate of drug-likeness (QED) is 0.813. The third-order valence-corrected chi connectivity index (χ3v) is 3.66. The van der Waals surface area contributed by atoms with Crippen LogP contribution in [0.2, 0.25) is 0 Å². The Morgan fingerprint density at radius 3 is 2.82 bits per heavy atom. The van der Waals surface area contributed by atoms with E-state index in [1.165, 1.54) is 0 Å². The topological polar surface area (TPSA) is 40.5 Å². The van der Waals surface area contributed by atoms with Crippen LogP contribution in [0, 0.1) is 5.92 Å². The van der Waals surface area contributed by atoms with Crippen molar-refractivity contribution in [2.24, 2.45) is 5.92 Å². The van der Waals surface area contributed by atoms with Gasteiger partial charge in [0.1, 0.15) is 0 Å². The van der Waals surface area contributed by atoms with Crippen LogP contribution in [-0.2, 0) is 0 Å². The molecule has 0 bridgehead atoms. The average molecular weight is 233 g/mol. The van der Waals surface area contributed by atoms with E-state index in [0.29, 0.717) is 5.92 Å². The Kier molecular flexibility index (Phi) is 3.48. The molecule has 0 spiro atoms. The van der Waals surface area contributed by atoms with Gasteiger partial charge in [-0.05, 0) is 31.4 Å². The standard InChI is InChI=1S/C14H19NO2/c1-10-7-8-15(14(10)9-16)13-6-4-3-5-12(13)11(2)17/h3-6,10,14,16H,7-9H2,1-2H3. The predicted octanol–water partition coefficient (Wildman–Crippen LogP) is 2.10. The van der Waals surface area contributed by atoms with E-state index in [9.17, 15) is 9.90 Å². The summed E-state index contributed by atoms with van der Waals surface area (Å²) in [7, 11) is 0. The minimum absolute atomic E-state index is 0.0804. The highest BCUT2D eigenvalue weighted by Gasteiger charge is 2.31. The average Bonchev–Trinajstić information content (AvgIpc) is 2.70. The van der Waals surface area contributed by atoms with Gasteiger partial charge in [-0.1, -0.05) is 19.1 Å². The van der Waals surface area contributed by atoms with Gasteiger partial charge in [-0.2, -0.15) is 0 Å². The number of carbonyl (C=O) groups excluding carboxylic acids is 1. The minimum atomic E-state index is 0.0804. The van der Waals surface area contributed by atoms with Gasteiger partial charge >= 0.3 is 0 Å². The number of anilines is 1. The Hall–Kier alpha value is -1.35. The van der Waals surface area contributed by atoms with Crippen molar-refractivity contribution in [1.29, 1.82) is 0 Å². The summed E-state index contributed by atoms with van der Waals surface area (Å²) in [6.07, 6.45) is 1.07. The van der Waals surface area contributed by atoms with Crippen molar-refractivity contribution in [3.8, 4) is 0 Å². The first kappa shape index (κ1) is 12.1. The summed E-state index contributed by atoms with van der Waals surface area (Å²) in [5.41, 5.74) is 1.71. The maximum absolute atomic E-state index is 11.6. The second-order valence-electron chi connectivity index (χ2n) is 4.78. The molecule has 1 heterocycles. The summed E-state index contributed by atoms with van der Waals surface area (Å²) in [5, 5.41) is 9.47. The van der Waals surface area contributed by atoms with Crippen molar-refractivity contribution in [3.63, 3.8) is 0 Å². The van der Waals surface area contributed by atoms with E-state index in [2.05, 4.69) is 11.8 Å². The fourth-order valence-electron chi connectivity index (χ4n) is 2.61. The molecule has 92 valence electrons. The van der Waals surface area contributed by atoms with Crippen molar-refractivity contribution in [3.05, 3.63) is 29.8 Å². The van der Waals surface area contributed by atoms with Crippen molar-refractivity contribution < 1.29 is 9.90 Å². The number of aliphatic hydroxyl groups is 1. The first-order valence-electron chi connectivity index (χ1n) is 6.12. The molecule has 0 amide bonds. The molecule has 1 fully saturated rings. The van der Waals surface area contributed by atoms with Gasteiger partial charge in [-0.25, -0.2) is 0 Å². The molecule has 1 aromatic carbocycles. The lowest BCUT2D eigenvalue weighted by molar-refractivity contribution is 0.101. The van der Waals surface area contributed by atoms with Crippen molar-refractivity contribution in [1.82, 2.24) is 0 Å². The Bertz CT molecular complexity index is 416. The van der Waals surface area contributed by atoms with Gasteiger partial charge in [0.15, 0.2) is 5.78 Å². The van der Waals surface area contributed by atoms with Crippen LogP contribution in [0.4, 0.5) is 5.69 Å². The van der Waals surface area contributed by atoms with E-state index >= 15 is 0 Å². The Morgan fingerprint density at radius 2 is 2.18 bits per heavy atom. The Morgan fingerprint density at radius 1 is 1.47 bits per heavy atom. The Labute approximate surface area is 102 Å². The molecule has 1 saturated heterocycles. The van der Waals surface area contributed by atoms with Gasteiger partial charge in [0.25, 0.3) is 0 Å². The molecule has 2 rings (SSSR count). The van der Waals surface area contributed by atoms with E-state index in [0.717, 1.165) is 24.2 Å². The molecule has 3 nitrogen and oxygen atoms in total. The molecular weight excluding hydrogens is 214 g/mol. The summed E-state index contributed by atoms with van der Waals surface area (Å²) in [6, 6.07) is 7.79. The van der Waals surface area contributed by atoms with E-state index in [4.69, 9.17) is 0 Å². The number of nitrogens with zero attached hydrogens (tertiary/aromatic N) is 1. The maximum atomic E-state index is 11.6. The number of rotatable bonds is 3. The fourth-order valence-corrected chi connectivity index (χ4v) is 2.61. The van der Waals surface area contributed by atoms with Crippen molar-refractivity contribution >= 4 is 11.5 Å². The van der Waals surface area contributed by atoms with Crippen LogP contribution in [0.25, 0.3) is 0 Å². The molecule has 0 radical (unpaired) electrons. The van der Waals surface area contributed by atoms with Gasteiger partial charge in [0.2, 0.25) is 0 Å². The van der Waals surface area contributed by atoms with E-state index in [1.54, 1.807) is 6.92 Å². The molecule has 0 aliphatic carbocycles. The zero-order valence-corrected chi connectivity index (χ0v) is 10.4. The molecule has 2 atom stereocenters. The second-order valence-corrected chi connectivity index (χ2v) is 4.78. The first-order chi connectivity index (χ1) is 8.15. The summed E-state index contributed by atoms with van der Waals surface area (Å²) in [6.45, 7) is 4.80. The molecular formula is C14H19NO2. The molecule has 3 heteroatoms. The predicted molar refractivity (Wildman–Crippen MR) is 68.4 cm³/mol. The highest BCUT2D eigenvalue weighted by atomic mass is 16.3. The number of carbonyl (C=O) groups is 1. The lowest BCUT2D eigenvalue weighted by atomic mass is 10.0. The summed E-state index contributed by atoms with van der Waals surface area (Å²) in [4.78, 5) is 13.8. The number of hydrogen-bond acceptors (Lipinski definition) is 3. The SMILES string of the molecule is CC(=O)c1ccccc1N1CCC(C)C1CO. The number of aliphatic hydroxyl groups excluding tert-OH is 1. The molecule has 1 aliphatic rings. The van der Waals surface area contributed by atoms with Crippen molar-refractivity contribution in [2.75, 3.05) is 18.1 Å². The minimum Gasteiger partial charge on any atom is -0.394 e. The monoisotopic (exact) mass is 233 g/mol. The highest BCUT2D eigenvalue weighted by Crippen LogP contribution is 2.31. The van der Waals surface area contributed by atoms with Crippen LogP contribution < -0.4 is 4.90 Å². The fraction of sp³-hybridized carbons (Fsp3) is 0.500. The van der Waals surface area contributed by atoms with Crippen LogP contribution >= 0.6 is 0 Å². The van der Waals surface area contributed by atoms with E-state index in [-0.39, 0.29) is 18.4 Å². The summed E-state index contributed by atoms with van der Waals surface area (Å²) in [5.74, 6) is 0.553. The lowest BCUT2D eigenvalue weighted by Crippen LogP contribution is -2.36. The van der Waals surface area contributed by atoms with Gasteiger partial charge in [0, 0.05) is 17.8 Å². The number of hydrogen-bond donors (Lipinski definition) is 1. The molecule has 17 heavy (non-hydrogen) atoms. The van der Waals surface area contributed by atoms with Crippen LogP contribution in [0.5, 0.6) is 0 Å². The van der Waals surface area contributed by atoms with Gasteiger partial charge in [-0.15, -0.1) is 0 Å². The Balaban J connectivity index is 2.37. The van der Waals surface area contributed by atoms with Crippen LogP contribution in [-0.4, -0.2) is 30.1 Å². The van der Waals surface area contributed by atoms with Crippen LogP contribution in [0.3, 0.4) is 0 Å². The smallest absolute Gasteiger partial charge is 0.161 e. The third-order valence-electron chi connectivity index (χ3n) is 3.66. The van der Waals surface area contributed by atoms with Gasteiger partial charge in [-0.3, -0.25) is 4.79 Å².